The Labute approximate surface area is 125 Å². The molecule has 0 amide bonds. The predicted octanol–water partition coefficient (Wildman–Crippen LogP) is 4.98. The van der Waals surface area contributed by atoms with Gasteiger partial charge in [0.25, 0.3) is 0 Å². The van der Waals surface area contributed by atoms with Crippen LogP contribution in [0, 0.1) is 0 Å². The number of aryl methyl sites for hydroxylation is 2. The predicted molar refractivity (Wildman–Crippen MR) is 86.6 cm³/mol. The molecule has 0 N–H and O–H groups in total. The van der Waals surface area contributed by atoms with Crippen molar-refractivity contribution < 1.29 is 4.74 Å². The molecule has 0 unspecified atom stereocenters. The van der Waals surface area contributed by atoms with Crippen LogP contribution in [-0.2, 0) is 17.6 Å². The zero-order valence-corrected chi connectivity index (χ0v) is 12.0. The van der Waals surface area contributed by atoms with Gasteiger partial charge in [-0.2, -0.15) is 0 Å². The van der Waals surface area contributed by atoms with Crippen LogP contribution in [0.5, 0.6) is 0 Å². The molecule has 4 rings (SSSR count). The molecule has 1 heteroatoms. The Morgan fingerprint density at radius 3 is 1.57 bits per heavy atom. The molecule has 0 radical (unpaired) electrons. The van der Waals surface area contributed by atoms with Crippen molar-refractivity contribution in [3.05, 3.63) is 82.3 Å². The van der Waals surface area contributed by atoms with E-state index in [9.17, 15) is 0 Å². The van der Waals surface area contributed by atoms with Crippen molar-refractivity contribution in [1.29, 1.82) is 0 Å². The third-order valence-electron chi connectivity index (χ3n) is 4.29. The first-order valence-electron chi connectivity index (χ1n) is 7.63. The second-order valence-electron chi connectivity index (χ2n) is 5.72. The molecule has 0 saturated heterocycles. The Hall–Kier alpha value is -2.28. The highest BCUT2D eigenvalue weighted by Gasteiger charge is 2.15. The van der Waals surface area contributed by atoms with Crippen LogP contribution >= 0.6 is 0 Å². The third-order valence-corrected chi connectivity index (χ3v) is 4.29. The van der Waals surface area contributed by atoms with E-state index in [2.05, 4.69) is 60.7 Å². The summed E-state index contributed by atoms with van der Waals surface area (Å²) >= 11 is 0. The lowest BCUT2D eigenvalue weighted by molar-refractivity contribution is 0.282. The van der Waals surface area contributed by atoms with Gasteiger partial charge in [0.05, 0.1) is 0 Å². The van der Waals surface area contributed by atoms with Crippen LogP contribution in [0.4, 0.5) is 0 Å². The summed E-state index contributed by atoms with van der Waals surface area (Å²) in [7, 11) is 0. The first-order valence-corrected chi connectivity index (χ1v) is 7.63. The molecule has 2 aliphatic carbocycles. The Morgan fingerprint density at radius 2 is 1.05 bits per heavy atom. The van der Waals surface area contributed by atoms with Crippen molar-refractivity contribution in [3.8, 4) is 0 Å². The quantitative estimate of drug-likeness (QED) is 0.750. The maximum Gasteiger partial charge on any atom is 0.104 e. The van der Waals surface area contributed by atoms with E-state index in [1.165, 1.54) is 22.3 Å². The molecule has 0 atom stereocenters. The summed E-state index contributed by atoms with van der Waals surface area (Å²) in [5.41, 5.74) is 5.45. The third kappa shape index (κ3) is 2.52. The van der Waals surface area contributed by atoms with Crippen molar-refractivity contribution in [1.82, 2.24) is 0 Å². The second-order valence-corrected chi connectivity index (χ2v) is 5.72. The smallest absolute Gasteiger partial charge is 0.104 e. The van der Waals surface area contributed by atoms with Crippen LogP contribution in [0.15, 0.2) is 60.0 Å². The lowest BCUT2D eigenvalue weighted by atomic mass is 9.95. The average Bonchev–Trinajstić information content (AvgIpc) is 2.55. The molecule has 1 nitrogen and oxygen atoms in total. The van der Waals surface area contributed by atoms with E-state index >= 15 is 0 Å². The van der Waals surface area contributed by atoms with Crippen molar-refractivity contribution in [2.45, 2.75) is 25.7 Å². The molecule has 2 aliphatic rings. The molecule has 0 aliphatic heterocycles. The highest BCUT2D eigenvalue weighted by Crippen LogP contribution is 2.30. The van der Waals surface area contributed by atoms with Gasteiger partial charge in [0, 0.05) is 12.8 Å². The molecule has 2 aromatic rings. The minimum Gasteiger partial charge on any atom is -0.466 e. The zero-order chi connectivity index (χ0) is 14.1. The normalized spacial score (nSPS) is 16.4. The SMILES string of the molecule is C1=C(OC2=Cc3ccccc3CC2)CCc2ccccc21. The van der Waals surface area contributed by atoms with Gasteiger partial charge in [-0.25, -0.2) is 0 Å². The fourth-order valence-electron chi connectivity index (χ4n) is 3.14. The fourth-order valence-corrected chi connectivity index (χ4v) is 3.14. The van der Waals surface area contributed by atoms with Crippen molar-refractivity contribution in [3.63, 3.8) is 0 Å². The molecular weight excluding hydrogens is 256 g/mol. The van der Waals surface area contributed by atoms with E-state index in [1.54, 1.807) is 0 Å². The van der Waals surface area contributed by atoms with Crippen LogP contribution in [0.25, 0.3) is 12.2 Å². The van der Waals surface area contributed by atoms with E-state index < -0.39 is 0 Å². The van der Waals surface area contributed by atoms with Crippen molar-refractivity contribution >= 4 is 12.2 Å². The summed E-state index contributed by atoms with van der Waals surface area (Å²) in [5, 5.41) is 0. The first kappa shape index (κ1) is 12.5. The molecule has 0 bridgehead atoms. The monoisotopic (exact) mass is 274 g/mol. The Kier molecular flexibility index (Phi) is 3.11. The number of ether oxygens (including phenoxy) is 1. The van der Waals surface area contributed by atoms with Gasteiger partial charge in [-0.15, -0.1) is 0 Å². The van der Waals surface area contributed by atoms with Gasteiger partial charge in [-0.05, 0) is 47.2 Å². The van der Waals surface area contributed by atoms with Crippen LogP contribution in [0.2, 0.25) is 0 Å². The summed E-state index contributed by atoms with van der Waals surface area (Å²) in [4.78, 5) is 0. The number of allylic oxidation sites excluding steroid dienone is 2. The van der Waals surface area contributed by atoms with Gasteiger partial charge in [-0.1, -0.05) is 48.5 Å². The van der Waals surface area contributed by atoms with Gasteiger partial charge in [0.1, 0.15) is 11.5 Å². The summed E-state index contributed by atoms with van der Waals surface area (Å²) in [6, 6.07) is 17.2. The standard InChI is InChI=1S/C20H18O/c1-3-7-17-13-19(11-9-15(17)5-1)21-20-12-10-16-6-2-4-8-18(16)14-20/h1-8,13-14H,9-12H2. The molecule has 0 aromatic heterocycles. The number of benzene rings is 2. The van der Waals surface area contributed by atoms with Gasteiger partial charge in [0.15, 0.2) is 0 Å². The summed E-state index contributed by atoms with van der Waals surface area (Å²) < 4.78 is 6.17. The largest absolute Gasteiger partial charge is 0.466 e. The highest BCUT2D eigenvalue weighted by atomic mass is 16.5. The van der Waals surface area contributed by atoms with E-state index in [1.807, 2.05) is 0 Å². The minimum absolute atomic E-state index is 0.996. The molecule has 104 valence electrons. The molecule has 0 heterocycles. The highest BCUT2D eigenvalue weighted by molar-refractivity contribution is 5.60. The van der Waals surface area contributed by atoms with Gasteiger partial charge in [0.2, 0.25) is 0 Å². The summed E-state index contributed by atoms with van der Waals surface area (Å²) in [6.07, 6.45) is 8.53. The van der Waals surface area contributed by atoms with Crippen LogP contribution in [0.1, 0.15) is 35.1 Å². The van der Waals surface area contributed by atoms with Gasteiger partial charge < -0.3 is 4.74 Å². The first-order chi connectivity index (χ1) is 10.4. The maximum atomic E-state index is 6.17. The van der Waals surface area contributed by atoms with E-state index in [4.69, 9.17) is 4.74 Å². The molecule has 0 saturated carbocycles. The number of rotatable bonds is 2. The fraction of sp³-hybridized carbons (Fsp3) is 0.200. The van der Waals surface area contributed by atoms with E-state index in [-0.39, 0.29) is 0 Å². The van der Waals surface area contributed by atoms with Crippen molar-refractivity contribution in [2.75, 3.05) is 0 Å². The lowest BCUT2D eigenvalue weighted by Gasteiger charge is -2.21. The number of fused-ring (bicyclic) bond motifs is 2. The summed E-state index contributed by atoms with van der Waals surface area (Å²) in [5.74, 6) is 2.19. The van der Waals surface area contributed by atoms with E-state index in [0.717, 1.165) is 37.2 Å². The van der Waals surface area contributed by atoms with Crippen molar-refractivity contribution in [2.24, 2.45) is 0 Å². The molecule has 2 aromatic carbocycles. The van der Waals surface area contributed by atoms with Crippen LogP contribution in [-0.4, -0.2) is 0 Å². The van der Waals surface area contributed by atoms with Gasteiger partial charge >= 0.3 is 0 Å². The Morgan fingerprint density at radius 1 is 0.571 bits per heavy atom. The molecule has 21 heavy (non-hydrogen) atoms. The number of hydrogen-bond donors (Lipinski definition) is 0. The number of hydrogen-bond acceptors (Lipinski definition) is 1. The summed E-state index contributed by atoms with van der Waals surface area (Å²) in [6.45, 7) is 0. The van der Waals surface area contributed by atoms with Crippen LogP contribution < -0.4 is 0 Å². The topological polar surface area (TPSA) is 9.23 Å². The molecule has 0 spiro atoms. The Balaban J connectivity index is 1.58. The second kappa shape index (κ2) is 5.25. The lowest BCUT2D eigenvalue weighted by Crippen LogP contribution is -2.05. The molecular formula is C20H18O. The van der Waals surface area contributed by atoms with Crippen LogP contribution in [0.3, 0.4) is 0 Å². The average molecular weight is 274 g/mol. The molecule has 0 fully saturated rings. The van der Waals surface area contributed by atoms with Gasteiger partial charge in [-0.3, -0.25) is 0 Å². The maximum absolute atomic E-state index is 6.17. The van der Waals surface area contributed by atoms with E-state index in [0.29, 0.717) is 0 Å². The zero-order valence-electron chi connectivity index (χ0n) is 12.0. The minimum atomic E-state index is 0.996. The Bertz CT molecular complexity index is 674.